The Balaban J connectivity index is 1.57. The zero-order chi connectivity index (χ0) is 18.0. The molecule has 0 saturated carbocycles. The van der Waals surface area contributed by atoms with Crippen LogP contribution in [0, 0.1) is 11.6 Å². The fraction of sp³-hybridized carbons (Fsp3) is 0.167. The lowest BCUT2D eigenvalue weighted by Gasteiger charge is -2.12. The maximum atomic E-state index is 13.5. The van der Waals surface area contributed by atoms with Crippen LogP contribution in [0.3, 0.4) is 0 Å². The highest BCUT2D eigenvalue weighted by Crippen LogP contribution is 2.23. The van der Waals surface area contributed by atoms with E-state index in [-0.39, 0.29) is 36.0 Å². The molecule has 1 aliphatic heterocycles. The normalized spacial score (nSPS) is 13.1. The summed E-state index contributed by atoms with van der Waals surface area (Å²) in [5, 5.41) is 0.413. The number of amides is 2. The molecule has 7 heteroatoms. The molecule has 2 amide bonds. The molecule has 0 saturated heterocycles. The van der Waals surface area contributed by atoms with Gasteiger partial charge in [-0.15, -0.1) is 0 Å². The van der Waals surface area contributed by atoms with E-state index in [0.29, 0.717) is 5.06 Å². The summed E-state index contributed by atoms with van der Waals surface area (Å²) in [5.41, 5.74) is 0.207. The summed E-state index contributed by atoms with van der Waals surface area (Å²) in [7, 11) is 0. The largest absolute Gasteiger partial charge is 0.333 e. The van der Waals surface area contributed by atoms with Crippen LogP contribution in [-0.4, -0.2) is 22.8 Å². The van der Waals surface area contributed by atoms with E-state index in [9.17, 15) is 23.2 Å². The molecule has 0 unspecified atom stereocenters. The van der Waals surface area contributed by atoms with Gasteiger partial charge in [0.05, 0.1) is 11.1 Å². The lowest BCUT2D eigenvalue weighted by Crippen LogP contribution is -2.32. The van der Waals surface area contributed by atoms with Gasteiger partial charge in [0.2, 0.25) is 0 Å². The number of fused-ring (bicyclic) bond motifs is 1. The van der Waals surface area contributed by atoms with Gasteiger partial charge in [-0.25, -0.2) is 13.6 Å². The number of imide groups is 1. The molecule has 5 nitrogen and oxygen atoms in total. The van der Waals surface area contributed by atoms with Crippen LogP contribution in [0.5, 0.6) is 0 Å². The number of halogens is 2. The Kier molecular flexibility index (Phi) is 4.56. The van der Waals surface area contributed by atoms with E-state index in [1.54, 1.807) is 12.1 Å². The fourth-order valence-corrected chi connectivity index (χ4v) is 2.58. The lowest BCUT2D eigenvalue weighted by atomic mass is 10.1. The lowest BCUT2D eigenvalue weighted by molar-refractivity contribution is -0.168. The Morgan fingerprint density at radius 3 is 2.04 bits per heavy atom. The monoisotopic (exact) mass is 345 g/mol. The molecule has 25 heavy (non-hydrogen) atoms. The molecule has 2 aromatic rings. The first kappa shape index (κ1) is 16.8. The molecule has 1 heterocycles. The van der Waals surface area contributed by atoms with Gasteiger partial charge in [0, 0.05) is 12.0 Å². The number of hydroxylamine groups is 2. The standard InChI is InChI=1S/C18H13F2NO4/c19-14-8-4-9-15(20)13(14)7-3-10-16(22)25-21-17(23)11-5-1-2-6-12(11)18(21)24/h1-2,4-6,8-9H,3,7,10H2. The highest BCUT2D eigenvalue weighted by molar-refractivity contribution is 6.20. The third-order valence-corrected chi connectivity index (χ3v) is 3.82. The zero-order valence-electron chi connectivity index (χ0n) is 13.0. The molecule has 0 spiro atoms. The van der Waals surface area contributed by atoms with Crippen molar-refractivity contribution < 1.29 is 28.0 Å². The summed E-state index contributed by atoms with van der Waals surface area (Å²) in [6, 6.07) is 9.64. The van der Waals surface area contributed by atoms with Crippen LogP contribution >= 0.6 is 0 Å². The van der Waals surface area contributed by atoms with E-state index < -0.39 is 29.4 Å². The average Bonchev–Trinajstić information content (AvgIpc) is 2.83. The topological polar surface area (TPSA) is 63.7 Å². The maximum Gasteiger partial charge on any atom is 0.333 e. The first-order valence-electron chi connectivity index (χ1n) is 7.60. The van der Waals surface area contributed by atoms with E-state index >= 15 is 0 Å². The summed E-state index contributed by atoms with van der Waals surface area (Å²) in [6.45, 7) is 0. The third kappa shape index (κ3) is 3.26. The molecule has 2 aromatic carbocycles. The Bertz CT molecular complexity index is 811. The summed E-state index contributed by atoms with van der Waals surface area (Å²) in [4.78, 5) is 40.8. The van der Waals surface area contributed by atoms with Crippen molar-refractivity contribution in [1.29, 1.82) is 0 Å². The van der Waals surface area contributed by atoms with Crippen LogP contribution in [-0.2, 0) is 16.1 Å². The summed E-state index contributed by atoms with van der Waals surface area (Å²) in [6.07, 6.45) is -0.0865. The highest BCUT2D eigenvalue weighted by atomic mass is 19.1. The smallest absolute Gasteiger partial charge is 0.330 e. The van der Waals surface area contributed by atoms with Crippen LogP contribution in [0.25, 0.3) is 0 Å². The minimum absolute atomic E-state index is 0.00424. The van der Waals surface area contributed by atoms with E-state index in [0.717, 1.165) is 12.1 Å². The minimum Gasteiger partial charge on any atom is -0.330 e. The van der Waals surface area contributed by atoms with Crippen molar-refractivity contribution in [2.45, 2.75) is 19.3 Å². The number of hydrogen-bond donors (Lipinski definition) is 0. The first-order valence-corrected chi connectivity index (χ1v) is 7.60. The van der Waals surface area contributed by atoms with E-state index in [1.807, 2.05) is 0 Å². The molecule has 0 bridgehead atoms. The molecule has 0 aliphatic carbocycles. The minimum atomic E-state index is -0.828. The van der Waals surface area contributed by atoms with Crippen LogP contribution in [0.1, 0.15) is 39.1 Å². The van der Waals surface area contributed by atoms with Crippen molar-refractivity contribution in [3.63, 3.8) is 0 Å². The van der Waals surface area contributed by atoms with Gasteiger partial charge in [0.1, 0.15) is 11.6 Å². The van der Waals surface area contributed by atoms with Gasteiger partial charge >= 0.3 is 5.97 Å². The highest BCUT2D eigenvalue weighted by Gasteiger charge is 2.38. The number of rotatable bonds is 5. The van der Waals surface area contributed by atoms with Crippen molar-refractivity contribution in [3.05, 3.63) is 70.8 Å². The molecule has 128 valence electrons. The second-order valence-electron chi connectivity index (χ2n) is 5.47. The third-order valence-electron chi connectivity index (χ3n) is 3.82. The van der Waals surface area contributed by atoms with Crippen LogP contribution in [0.4, 0.5) is 8.78 Å². The van der Waals surface area contributed by atoms with Crippen molar-refractivity contribution in [3.8, 4) is 0 Å². The van der Waals surface area contributed by atoms with Crippen molar-refractivity contribution >= 4 is 17.8 Å². The Hall–Kier alpha value is -3.09. The molecule has 0 atom stereocenters. The fourth-order valence-electron chi connectivity index (χ4n) is 2.58. The van der Waals surface area contributed by atoms with Crippen molar-refractivity contribution in [2.75, 3.05) is 0 Å². The average molecular weight is 345 g/mol. The molecule has 0 fully saturated rings. The van der Waals surface area contributed by atoms with Gasteiger partial charge in [-0.1, -0.05) is 23.3 Å². The number of carbonyl (C=O) groups is 3. The second kappa shape index (κ2) is 6.80. The molecule has 0 radical (unpaired) electrons. The number of carbonyl (C=O) groups excluding carboxylic acids is 3. The maximum absolute atomic E-state index is 13.5. The number of nitrogens with zero attached hydrogens (tertiary/aromatic N) is 1. The first-order chi connectivity index (χ1) is 12.0. The van der Waals surface area contributed by atoms with E-state index in [2.05, 4.69) is 0 Å². The van der Waals surface area contributed by atoms with Gasteiger partial charge < -0.3 is 4.84 Å². The summed E-state index contributed by atoms with van der Waals surface area (Å²) >= 11 is 0. The van der Waals surface area contributed by atoms with Gasteiger partial charge in [-0.3, -0.25) is 9.59 Å². The quantitative estimate of drug-likeness (QED) is 0.782. The predicted molar refractivity (Wildman–Crippen MR) is 82.3 cm³/mol. The molecule has 0 N–H and O–H groups in total. The van der Waals surface area contributed by atoms with Crippen LogP contribution in [0.15, 0.2) is 42.5 Å². The van der Waals surface area contributed by atoms with Crippen LogP contribution < -0.4 is 0 Å². The summed E-state index contributed by atoms with van der Waals surface area (Å²) < 4.78 is 27.0. The second-order valence-corrected chi connectivity index (χ2v) is 5.47. The molecule has 1 aliphatic rings. The Morgan fingerprint density at radius 1 is 0.920 bits per heavy atom. The van der Waals surface area contributed by atoms with Crippen molar-refractivity contribution in [2.24, 2.45) is 0 Å². The van der Waals surface area contributed by atoms with Crippen LogP contribution in [0.2, 0.25) is 0 Å². The summed E-state index contributed by atoms with van der Waals surface area (Å²) in [5.74, 6) is -3.63. The zero-order valence-corrected chi connectivity index (χ0v) is 13.0. The Morgan fingerprint density at radius 2 is 1.48 bits per heavy atom. The van der Waals surface area contributed by atoms with Gasteiger partial charge in [-0.2, -0.15) is 0 Å². The van der Waals surface area contributed by atoms with Gasteiger partial charge in [-0.05, 0) is 37.1 Å². The SMILES string of the molecule is O=C(CCCc1c(F)cccc1F)ON1C(=O)c2ccccc2C1=O. The molecule has 0 aromatic heterocycles. The van der Waals surface area contributed by atoms with E-state index in [4.69, 9.17) is 4.84 Å². The molecular formula is C18H13F2NO4. The molecule has 3 rings (SSSR count). The van der Waals surface area contributed by atoms with Gasteiger partial charge in [0.15, 0.2) is 0 Å². The predicted octanol–water partition coefficient (Wildman–Crippen LogP) is 3.04. The van der Waals surface area contributed by atoms with Gasteiger partial charge in [0.25, 0.3) is 11.8 Å². The molecular weight excluding hydrogens is 332 g/mol. The number of benzene rings is 2. The Labute approximate surface area is 141 Å². The van der Waals surface area contributed by atoms with E-state index in [1.165, 1.54) is 18.2 Å². The number of hydrogen-bond acceptors (Lipinski definition) is 4. The van der Waals surface area contributed by atoms with Crippen molar-refractivity contribution in [1.82, 2.24) is 5.06 Å².